The second-order valence-corrected chi connectivity index (χ2v) is 7.36. The normalized spacial score (nSPS) is 11.8. The molecule has 1 unspecified atom stereocenters. The number of methoxy groups -OCH3 is 3. The molecule has 0 heterocycles. The van der Waals surface area contributed by atoms with Crippen molar-refractivity contribution in [1.29, 1.82) is 0 Å². The lowest BCUT2D eigenvalue weighted by Crippen LogP contribution is -2.45. The molecule has 1 atom stereocenters. The first-order chi connectivity index (χ1) is 15.1. The Hall–Kier alpha value is -2.73. The van der Waals surface area contributed by atoms with Crippen molar-refractivity contribution in [2.45, 2.75) is 39.2 Å². The predicted octanol–water partition coefficient (Wildman–Crippen LogP) is 3.71. The Morgan fingerprint density at radius 1 is 0.935 bits per heavy atom. The second kappa shape index (κ2) is 12.8. The zero-order chi connectivity index (χ0) is 22.6. The number of hydrogen-bond acceptors (Lipinski definition) is 5. The van der Waals surface area contributed by atoms with Crippen molar-refractivity contribution in [3.8, 4) is 17.2 Å². The molecular weight excluding hydrogens is 392 g/mol. The van der Waals surface area contributed by atoms with Gasteiger partial charge in [-0.05, 0) is 43.1 Å². The van der Waals surface area contributed by atoms with Crippen LogP contribution in [0.1, 0.15) is 31.4 Å². The van der Waals surface area contributed by atoms with Crippen LogP contribution in [0.4, 0.5) is 0 Å². The Kier molecular flexibility index (Phi) is 10.2. The van der Waals surface area contributed by atoms with Crippen molar-refractivity contribution in [2.24, 2.45) is 0 Å². The third kappa shape index (κ3) is 6.89. The molecule has 0 saturated heterocycles. The fourth-order valence-corrected chi connectivity index (χ4v) is 3.88. The number of carbonyl (C=O) groups is 1. The number of aryl methyl sites for hydroxylation is 1. The van der Waals surface area contributed by atoms with E-state index >= 15 is 0 Å². The van der Waals surface area contributed by atoms with Gasteiger partial charge in [0.2, 0.25) is 11.7 Å². The Morgan fingerprint density at radius 3 is 2.19 bits per heavy atom. The van der Waals surface area contributed by atoms with E-state index in [1.54, 1.807) is 21.3 Å². The maximum Gasteiger partial charge on any atom is 0.220 e. The van der Waals surface area contributed by atoms with E-state index in [2.05, 4.69) is 48.3 Å². The summed E-state index contributed by atoms with van der Waals surface area (Å²) in [5, 5.41) is 3.13. The van der Waals surface area contributed by atoms with Gasteiger partial charge in [-0.25, -0.2) is 0 Å². The topological polar surface area (TPSA) is 60.0 Å². The van der Waals surface area contributed by atoms with Gasteiger partial charge in [-0.2, -0.15) is 0 Å². The molecule has 0 saturated carbocycles. The van der Waals surface area contributed by atoms with Crippen LogP contribution in [0, 0.1) is 0 Å². The van der Waals surface area contributed by atoms with E-state index < -0.39 is 0 Å². The van der Waals surface area contributed by atoms with Gasteiger partial charge in [0.15, 0.2) is 11.5 Å². The molecule has 2 aromatic carbocycles. The smallest absolute Gasteiger partial charge is 0.220 e. The van der Waals surface area contributed by atoms with E-state index in [-0.39, 0.29) is 11.9 Å². The van der Waals surface area contributed by atoms with Crippen molar-refractivity contribution < 1.29 is 19.0 Å². The van der Waals surface area contributed by atoms with Gasteiger partial charge in [0.05, 0.1) is 21.3 Å². The Labute approximate surface area is 186 Å². The molecule has 0 aliphatic rings. The van der Waals surface area contributed by atoms with Gasteiger partial charge < -0.3 is 19.5 Å². The molecule has 0 radical (unpaired) electrons. The molecule has 1 amide bonds. The first-order valence-electron chi connectivity index (χ1n) is 10.9. The monoisotopic (exact) mass is 428 g/mol. The van der Waals surface area contributed by atoms with Crippen molar-refractivity contribution in [3.05, 3.63) is 53.6 Å². The quantitative estimate of drug-likeness (QED) is 0.527. The minimum absolute atomic E-state index is 0.0297. The Bertz CT molecular complexity index is 807. The molecule has 0 aliphatic carbocycles. The zero-order valence-electron chi connectivity index (χ0n) is 19.4. The molecule has 0 aliphatic heterocycles. The highest BCUT2D eigenvalue weighted by molar-refractivity contribution is 5.76. The lowest BCUT2D eigenvalue weighted by molar-refractivity contribution is -0.121. The van der Waals surface area contributed by atoms with E-state index in [0.29, 0.717) is 36.6 Å². The van der Waals surface area contributed by atoms with Crippen LogP contribution >= 0.6 is 0 Å². The van der Waals surface area contributed by atoms with Crippen molar-refractivity contribution >= 4 is 5.91 Å². The summed E-state index contributed by atoms with van der Waals surface area (Å²) in [5.74, 6) is 1.80. The lowest BCUT2D eigenvalue weighted by Gasteiger charge is -2.30. The van der Waals surface area contributed by atoms with Crippen molar-refractivity contribution in [1.82, 2.24) is 10.2 Å². The molecule has 1 N–H and O–H groups in total. The molecule has 0 bridgehead atoms. The van der Waals surface area contributed by atoms with E-state index in [0.717, 1.165) is 25.1 Å². The minimum Gasteiger partial charge on any atom is -0.493 e. The van der Waals surface area contributed by atoms with Crippen LogP contribution in [-0.4, -0.2) is 57.8 Å². The number of nitrogens with zero attached hydrogens (tertiary/aromatic N) is 1. The largest absolute Gasteiger partial charge is 0.493 e. The summed E-state index contributed by atoms with van der Waals surface area (Å²) in [7, 11) is 4.77. The van der Waals surface area contributed by atoms with Gasteiger partial charge in [0, 0.05) is 19.0 Å². The molecule has 6 heteroatoms. The van der Waals surface area contributed by atoms with Crippen molar-refractivity contribution in [2.75, 3.05) is 41.0 Å². The van der Waals surface area contributed by atoms with E-state index in [1.165, 1.54) is 5.56 Å². The predicted molar refractivity (Wildman–Crippen MR) is 124 cm³/mol. The summed E-state index contributed by atoms with van der Waals surface area (Å²) >= 11 is 0. The zero-order valence-corrected chi connectivity index (χ0v) is 19.4. The van der Waals surface area contributed by atoms with Crippen LogP contribution in [0.3, 0.4) is 0 Å². The van der Waals surface area contributed by atoms with Crippen LogP contribution in [0.15, 0.2) is 42.5 Å². The number of carbonyl (C=O) groups excluding carboxylic acids is 1. The van der Waals surface area contributed by atoms with Gasteiger partial charge >= 0.3 is 0 Å². The number of hydrogen-bond donors (Lipinski definition) is 1. The average Bonchev–Trinajstić information content (AvgIpc) is 2.81. The fraction of sp³-hybridized carbons (Fsp3) is 0.480. The second-order valence-electron chi connectivity index (χ2n) is 7.36. The summed E-state index contributed by atoms with van der Waals surface area (Å²) in [6.07, 6.45) is 1.85. The van der Waals surface area contributed by atoms with E-state index in [4.69, 9.17) is 14.2 Å². The number of ether oxygens (including phenoxy) is 3. The van der Waals surface area contributed by atoms with Crippen LogP contribution in [-0.2, 0) is 17.6 Å². The summed E-state index contributed by atoms with van der Waals surface area (Å²) in [4.78, 5) is 15.0. The molecule has 0 fully saturated rings. The minimum atomic E-state index is 0.0297. The summed E-state index contributed by atoms with van der Waals surface area (Å²) in [6, 6.07) is 14.4. The highest BCUT2D eigenvalue weighted by atomic mass is 16.5. The highest BCUT2D eigenvalue weighted by Gasteiger charge is 2.19. The third-order valence-electron chi connectivity index (χ3n) is 5.58. The fourth-order valence-electron chi connectivity index (χ4n) is 3.88. The molecule has 2 aromatic rings. The highest BCUT2D eigenvalue weighted by Crippen LogP contribution is 2.40. The van der Waals surface area contributed by atoms with Gasteiger partial charge in [0.1, 0.15) is 0 Å². The maximum absolute atomic E-state index is 12.6. The van der Waals surface area contributed by atoms with E-state index in [1.807, 2.05) is 18.2 Å². The first kappa shape index (κ1) is 24.5. The molecule has 31 heavy (non-hydrogen) atoms. The standard InChI is InChI=1S/C25H36N2O4/c1-6-27(7-2)21(17-19-11-9-8-10-12-19)18-26-23(28)16-14-20-13-15-22(29-3)25(31-5)24(20)30-4/h8-13,15,21H,6-7,14,16-18H2,1-5H3,(H,26,28). The van der Waals surface area contributed by atoms with Crippen LogP contribution in [0.5, 0.6) is 17.2 Å². The van der Waals surface area contributed by atoms with Gasteiger partial charge in [-0.3, -0.25) is 9.69 Å². The Morgan fingerprint density at radius 2 is 1.61 bits per heavy atom. The average molecular weight is 429 g/mol. The number of nitrogens with one attached hydrogen (secondary N) is 1. The molecule has 2 rings (SSSR count). The number of likely N-dealkylation sites (N-methyl/N-ethyl adjacent to an activating group) is 1. The summed E-state index contributed by atoms with van der Waals surface area (Å²) in [6.45, 7) is 6.84. The summed E-state index contributed by atoms with van der Waals surface area (Å²) in [5.41, 5.74) is 2.20. The lowest BCUT2D eigenvalue weighted by atomic mass is 10.0. The van der Waals surface area contributed by atoms with E-state index in [9.17, 15) is 4.79 Å². The first-order valence-corrected chi connectivity index (χ1v) is 10.9. The number of rotatable bonds is 13. The SMILES string of the molecule is CCN(CC)C(CNC(=O)CCc1ccc(OC)c(OC)c1OC)Cc1ccccc1. The third-order valence-corrected chi connectivity index (χ3v) is 5.58. The molecular formula is C25H36N2O4. The molecule has 6 nitrogen and oxygen atoms in total. The van der Waals surface area contributed by atoms with Gasteiger partial charge in [-0.1, -0.05) is 50.2 Å². The molecule has 0 aromatic heterocycles. The maximum atomic E-state index is 12.6. The van der Waals surface area contributed by atoms with Crippen LogP contribution in [0.25, 0.3) is 0 Å². The summed E-state index contributed by atoms with van der Waals surface area (Å²) < 4.78 is 16.3. The van der Waals surface area contributed by atoms with Gasteiger partial charge in [-0.15, -0.1) is 0 Å². The Balaban J connectivity index is 1.99. The van der Waals surface area contributed by atoms with Crippen LogP contribution in [0.2, 0.25) is 0 Å². The molecule has 170 valence electrons. The van der Waals surface area contributed by atoms with Crippen molar-refractivity contribution in [3.63, 3.8) is 0 Å². The molecule has 0 spiro atoms. The number of benzene rings is 2. The number of amides is 1. The van der Waals surface area contributed by atoms with Crippen LogP contribution < -0.4 is 19.5 Å². The van der Waals surface area contributed by atoms with Gasteiger partial charge in [0.25, 0.3) is 0 Å².